The lowest BCUT2D eigenvalue weighted by molar-refractivity contribution is -0.244. The summed E-state index contributed by atoms with van der Waals surface area (Å²) in [6, 6.07) is 0.117. The number of rotatable bonds is 3. The zero-order valence-electron chi connectivity index (χ0n) is 22.1. The third-order valence-electron chi connectivity index (χ3n) is 13.8. The molecule has 188 valence electrons. The second kappa shape index (κ2) is 7.56. The van der Waals surface area contributed by atoms with Crippen LogP contribution in [0.1, 0.15) is 98.8 Å². The Morgan fingerprint density at radius 2 is 1.55 bits per heavy atom. The number of hydrogen-bond acceptors (Lipinski definition) is 3. The summed E-state index contributed by atoms with van der Waals surface area (Å²) >= 11 is 0. The van der Waals surface area contributed by atoms with E-state index in [1.807, 2.05) is 0 Å². The summed E-state index contributed by atoms with van der Waals surface area (Å²) in [5.74, 6) is 3.10. The smallest absolute Gasteiger partial charge is 0.0502 e. The molecule has 4 N–H and O–H groups in total. The lowest BCUT2D eigenvalue weighted by atomic mass is 9.32. The molecule has 0 aromatic carbocycles. The molecule has 5 aliphatic rings. The van der Waals surface area contributed by atoms with E-state index in [1.165, 1.54) is 63.4 Å². The van der Waals surface area contributed by atoms with Gasteiger partial charge in [-0.05, 0) is 122 Å². The SMILES string of the molecule is C=C(C)[C@@H]1CC[C@]2(CO)CC[C@]3(C)[C@H](CC[C@@H]4[C@@]5(C)CCC(N)[C@@](C)(CO)[C@@H]5CC[C@]43C)[C@@H]12. The minimum Gasteiger partial charge on any atom is -0.396 e. The van der Waals surface area contributed by atoms with Crippen molar-refractivity contribution in [2.45, 2.75) is 105 Å². The van der Waals surface area contributed by atoms with Crippen LogP contribution in [-0.2, 0) is 0 Å². The second-order valence-corrected chi connectivity index (χ2v) is 14.5. The maximum Gasteiger partial charge on any atom is 0.0502 e. The summed E-state index contributed by atoms with van der Waals surface area (Å²) in [7, 11) is 0. The molecule has 0 saturated heterocycles. The van der Waals surface area contributed by atoms with Crippen molar-refractivity contribution in [2.75, 3.05) is 13.2 Å². The Balaban J connectivity index is 1.55. The van der Waals surface area contributed by atoms with Crippen molar-refractivity contribution in [2.24, 2.45) is 62.4 Å². The molecule has 11 atom stereocenters. The van der Waals surface area contributed by atoms with Crippen LogP contribution in [0.2, 0.25) is 0 Å². The van der Waals surface area contributed by atoms with Crippen molar-refractivity contribution in [3.05, 3.63) is 12.2 Å². The average Bonchev–Trinajstić information content (AvgIpc) is 3.17. The average molecular weight is 458 g/mol. The monoisotopic (exact) mass is 457 g/mol. The van der Waals surface area contributed by atoms with E-state index in [0.29, 0.717) is 47.0 Å². The third kappa shape index (κ3) is 2.85. The maximum atomic E-state index is 10.7. The topological polar surface area (TPSA) is 66.5 Å². The molecule has 0 aliphatic heterocycles. The number of aliphatic hydroxyl groups excluding tert-OH is 2. The molecule has 33 heavy (non-hydrogen) atoms. The predicted octanol–water partition coefficient (Wildman–Crippen LogP) is 5.94. The maximum absolute atomic E-state index is 10.7. The van der Waals surface area contributed by atoms with Gasteiger partial charge in [0.2, 0.25) is 0 Å². The van der Waals surface area contributed by atoms with Gasteiger partial charge >= 0.3 is 0 Å². The Kier molecular flexibility index (Phi) is 5.57. The Bertz CT molecular complexity index is 811. The standard InChI is InChI=1S/C30H51NO2/c1-19(2)20-9-14-30(18-33)16-15-28(5)21(25(20)30)7-8-23-26(3)12-11-24(31)27(4,17-32)22(26)10-13-29(23,28)6/h20-25,32-33H,1,7-18,31H2,2-6H3/t20-,21+,22+,23+,24?,25+,26-,27-,28+,29+,30+/m0/s1. The van der Waals surface area contributed by atoms with Gasteiger partial charge in [-0.25, -0.2) is 0 Å². The first-order chi connectivity index (χ1) is 15.4. The molecule has 0 bridgehead atoms. The zero-order valence-corrected chi connectivity index (χ0v) is 22.1. The number of nitrogens with two attached hydrogens (primary N) is 1. The molecule has 0 radical (unpaired) electrons. The Hall–Kier alpha value is -0.380. The Morgan fingerprint density at radius 3 is 2.18 bits per heavy atom. The van der Waals surface area contributed by atoms with Crippen LogP contribution in [-0.4, -0.2) is 29.5 Å². The van der Waals surface area contributed by atoms with Crippen LogP contribution in [0.15, 0.2) is 12.2 Å². The molecular formula is C30H51NO2. The first kappa shape index (κ1) is 24.3. The molecule has 0 heterocycles. The summed E-state index contributed by atoms with van der Waals surface area (Å²) in [5.41, 5.74) is 8.90. The number of aliphatic hydroxyl groups is 2. The molecule has 3 nitrogen and oxygen atoms in total. The number of allylic oxidation sites excluding steroid dienone is 1. The van der Waals surface area contributed by atoms with E-state index in [-0.39, 0.29) is 28.9 Å². The summed E-state index contributed by atoms with van der Waals surface area (Å²) in [6.45, 7) is 17.4. The van der Waals surface area contributed by atoms with Crippen LogP contribution in [0.3, 0.4) is 0 Å². The highest BCUT2D eigenvalue weighted by Crippen LogP contribution is 2.77. The third-order valence-corrected chi connectivity index (χ3v) is 13.8. The van der Waals surface area contributed by atoms with Crippen LogP contribution in [0.5, 0.6) is 0 Å². The fraction of sp³-hybridized carbons (Fsp3) is 0.933. The molecule has 5 rings (SSSR count). The molecule has 5 fully saturated rings. The van der Waals surface area contributed by atoms with Gasteiger partial charge in [0.1, 0.15) is 0 Å². The van der Waals surface area contributed by atoms with Crippen LogP contribution in [0.25, 0.3) is 0 Å². The normalized spacial score (nSPS) is 58.1. The van der Waals surface area contributed by atoms with Gasteiger partial charge in [-0.1, -0.05) is 39.8 Å². The van der Waals surface area contributed by atoms with Crippen molar-refractivity contribution < 1.29 is 10.2 Å². The van der Waals surface area contributed by atoms with Gasteiger partial charge < -0.3 is 15.9 Å². The summed E-state index contributed by atoms with van der Waals surface area (Å²) in [6.07, 6.45) is 12.2. The first-order valence-electron chi connectivity index (χ1n) is 14.1. The van der Waals surface area contributed by atoms with E-state index in [2.05, 4.69) is 41.2 Å². The lowest BCUT2D eigenvalue weighted by Gasteiger charge is -2.73. The van der Waals surface area contributed by atoms with Crippen molar-refractivity contribution in [1.82, 2.24) is 0 Å². The molecule has 0 aromatic heterocycles. The molecular weight excluding hydrogens is 406 g/mol. The highest BCUT2D eigenvalue weighted by atomic mass is 16.3. The molecule has 1 unspecified atom stereocenters. The molecule has 3 heteroatoms. The van der Waals surface area contributed by atoms with E-state index >= 15 is 0 Å². The fourth-order valence-electron chi connectivity index (χ4n) is 11.6. The van der Waals surface area contributed by atoms with E-state index in [1.54, 1.807) is 0 Å². The molecule has 0 aromatic rings. The van der Waals surface area contributed by atoms with Crippen molar-refractivity contribution in [3.63, 3.8) is 0 Å². The van der Waals surface area contributed by atoms with Gasteiger partial charge in [0.25, 0.3) is 0 Å². The van der Waals surface area contributed by atoms with E-state index in [4.69, 9.17) is 5.73 Å². The minimum absolute atomic E-state index is 0.117. The summed E-state index contributed by atoms with van der Waals surface area (Å²) in [4.78, 5) is 0. The fourth-order valence-corrected chi connectivity index (χ4v) is 11.6. The molecule has 5 saturated carbocycles. The van der Waals surface area contributed by atoms with E-state index < -0.39 is 0 Å². The van der Waals surface area contributed by atoms with E-state index in [9.17, 15) is 10.2 Å². The molecule has 5 aliphatic carbocycles. The van der Waals surface area contributed by atoms with Crippen molar-refractivity contribution >= 4 is 0 Å². The van der Waals surface area contributed by atoms with E-state index in [0.717, 1.165) is 6.42 Å². The van der Waals surface area contributed by atoms with Gasteiger partial charge in [-0.15, -0.1) is 0 Å². The molecule has 0 amide bonds. The van der Waals surface area contributed by atoms with Crippen LogP contribution in [0.4, 0.5) is 0 Å². The zero-order chi connectivity index (χ0) is 24.0. The van der Waals surface area contributed by atoms with Gasteiger partial charge in [-0.3, -0.25) is 0 Å². The first-order valence-corrected chi connectivity index (χ1v) is 14.1. The number of hydrogen-bond donors (Lipinski definition) is 3. The Labute approximate surface area is 203 Å². The van der Waals surface area contributed by atoms with Gasteiger partial charge in [0.15, 0.2) is 0 Å². The van der Waals surface area contributed by atoms with Gasteiger partial charge in [-0.2, -0.15) is 0 Å². The minimum atomic E-state index is -0.152. The van der Waals surface area contributed by atoms with Crippen LogP contribution >= 0.6 is 0 Å². The van der Waals surface area contributed by atoms with Gasteiger partial charge in [0, 0.05) is 18.1 Å². The van der Waals surface area contributed by atoms with Crippen LogP contribution < -0.4 is 5.73 Å². The summed E-state index contributed by atoms with van der Waals surface area (Å²) in [5, 5.41) is 21.2. The highest BCUT2D eigenvalue weighted by Gasteiger charge is 2.70. The van der Waals surface area contributed by atoms with Crippen molar-refractivity contribution in [3.8, 4) is 0 Å². The Morgan fingerprint density at radius 1 is 0.818 bits per heavy atom. The lowest BCUT2D eigenvalue weighted by Crippen LogP contribution is -2.68. The quantitative estimate of drug-likeness (QED) is 0.460. The van der Waals surface area contributed by atoms with Crippen molar-refractivity contribution in [1.29, 1.82) is 0 Å². The summed E-state index contributed by atoms with van der Waals surface area (Å²) < 4.78 is 0. The predicted molar refractivity (Wildman–Crippen MR) is 135 cm³/mol. The van der Waals surface area contributed by atoms with Gasteiger partial charge in [0.05, 0.1) is 6.61 Å². The highest BCUT2D eigenvalue weighted by molar-refractivity contribution is 5.21. The second-order valence-electron chi connectivity index (χ2n) is 14.5. The number of fused-ring (bicyclic) bond motifs is 7. The largest absolute Gasteiger partial charge is 0.396 e. The molecule has 0 spiro atoms. The van der Waals surface area contributed by atoms with Crippen LogP contribution in [0, 0.1) is 56.7 Å².